The fourth-order valence-electron chi connectivity index (χ4n) is 4.06. The van der Waals surface area contributed by atoms with Gasteiger partial charge < -0.3 is 14.6 Å². The maximum atomic E-state index is 12.5. The summed E-state index contributed by atoms with van der Waals surface area (Å²) in [5.74, 6) is -0.593. The fourth-order valence-corrected chi connectivity index (χ4v) is 4.06. The summed E-state index contributed by atoms with van der Waals surface area (Å²) in [5, 5.41) is 10.8. The first kappa shape index (κ1) is 17.6. The van der Waals surface area contributed by atoms with Gasteiger partial charge in [-0.2, -0.15) is 0 Å². The largest absolute Gasteiger partial charge is 0.461 e. The van der Waals surface area contributed by atoms with E-state index in [-0.39, 0.29) is 23.9 Å². The first-order valence-corrected chi connectivity index (χ1v) is 9.06. The van der Waals surface area contributed by atoms with Crippen molar-refractivity contribution in [2.75, 3.05) is 32.8 Å². The average molecular weight is 335 g/mol. The van der Waals surface area contributed by atoms with Gasteiger partial charge in [-0.25, -0.2) is 0 Å². The SMILES string of the molecule is C/C1=C\[C@@H](O)C2C(CN3CCOCC3)C(=O)O[C@H]2C/C(C)=C/CC1. The second-order valence-electron chi connectivity index (χ2n) is 7.37. The van der Waals surface area contributed by atoms with Gasteiger partial charge in [0.15, 0.2) is 0 Å². The molecule has 2 fully saturated rings. The molecular formula is C19H29NO4. The molecule has 1 N–H and O–H groups in total. The number of esters is 1. The number of ether oxygens (including phenoxy) is 2. The van der Waals surface area contributed by atoms with Crippen LogP contribution in [0.5, 0.6) is 0 Å². The summed E-state index contributed by atoms with van der Waals surface area (Å²) in [4.78, 5) is 14.8. The van der Waals surface area contributed by atoms with Crippen molar-refractivity contribution in [2.45, 2.75) is 45.3 Å². The number of hydrogen-bond donors (Lipinski definition) is 1. The Kier molecular flexibility index (Phi) is 5.74. The number of hydrogen-bond acceptors (Lipinski definition) is 5. The maximum absolute atomic E-state index is 12.5. The van der Waals surface area contributed by atoms with Gasteiger partial charge in [-0.05, 0) is 26.7 Å². The molecule has 2 unspecified atom stereocenters. The van der Waals surface area contributed by atoms with Crippen molar-refractivity contribution in [2.24, 2.45) is 11.8 Å². The van der Waals surface area contributed by atoms with Gasteiger partial charge in [0.05, 0.1) is 25.2 Å². The van der Waals surface area contributed by atoms with E-state index in [9.17, 15) is 9.90 Å². The monoisotopic (exact) mass is 335 g/mol. The number of aliphatic hydroxyl groups is 1. The zero-order chi connectivity index (χ0) is 17.1. The Hall–Kier alpha value is -1.17. The molecule has 5 nitrogen and oxygen atoms in total. The van der Waals surface area contributed by atoms with Gasteiger partial charge in [-0.1, -0.05) is 23.3 Å². The second kappa shape index (κ2) is 7.81. The van der Waals surface area contributed by atoms with Crippen LogP contribution in [0.4, 0.5) is 0 Å². The average Bonchev–Trinajstić information content (AvgIpc) is 2.83. The molecular weight excluding hydrogens is 306 g/mol. The highest BCUT2D eigenvalue weighted by Gasteiger charge is 2.48. The quantitative estimate of drug-likeness (QED) is 0.617. The lowest BCUT2D eigenvalue weighted by Gasteiger charge is -2.31. The van der Waals surface area contributed by atoms with Gasteiger partial charge in [0.2, 0.25) is 0 Å². The van der Waals surface area contributed by atoms with E-state index in [1.165, 1.54) is 11.1 Å². The molecule has 24 heavy (non-hydrogen) atoms. The standard InChI is InChI=1S/C19H29NO4/c1-13-4-3-5-14(2)11-17-18(16(21)10-13)15(19(22)24-17)12-20-6-8-23-9-7-20/h5,10,15-18,21H,3-4,6-9,11-12H2,1-2H3/b13-10+,14-5+/t15?,16-,17+,18?/m1/s1. The third-order valence-corrected chi connectivity index (χ3v) is 5.43. The van der Waals surface area contributed by atoms with Crippen LogP contribution >= 0.6 is 0 Å². The van der Waals surface area contributed by atoms with E-state index in [0.717, 1.165) is 32.4 Å². The number of carbonyl (C=O) groups excluding carboxylic acids is 1. The van der Waals surface area contributed by atoms with Crippen molar-refractivity contribution in [1.29, 1.82) is 0 Å². The van der Waals surface area contributed by atoms with Crippen LogP contribution in [-0.2, 0) is 14.3 Å². The summed E-state index contributed by atoms with van der Waals surface area (Å²) in [6.07, 6.45) is 5.96. The highest BCUT2D eigenvalue weighted by atomic mass is 16.6. The summed E-state index contributed by atoms with van der Waals surface area (Å²) in [5.41, 5.74) is 2.42. The van der Waals surface area contributed by atoms with E-state index in [2.05, 4.69) is 24.8 Å². The van der Waals surface area contributed by atoms with Gasteiger partial charge in [-0.3, -0.25) is 9.69 Å². The lowest BCUT2D eigenvalue weighted by molar-refractivity contribution is -0.144. The van der Waals surface area contributed by atoms with E-state index in [1.54, 1.807) is 0 Å². The predicted molar refractivity (Wildman–Crippen MR) is 91.5 cm³/mol. The summed E-state index contributed by atoms with van der Waals surface area (Å²) in [7, 11) is 0. The van der Waals surface area contributed by atoms with Crippen molar-refractivity contribution < 1.29 is 19.4 Å². The highest BCUT2D eigenvalue weighted by molar-refractivity contribution is 5.76. The summed E-state index contributed by atoms with van der Waals surface area (Å²) >= 11 is 0. The van der Waals surface area contributed by atoms with Crippen LogP contribution in [0.1, 0.15) is 33.1 Å². The second-order valence-corrected chi connectivity index (χ2v) is 7.37. The van der Waals surface area contributed by atoms with Crippen molar-refractivity contribution in [3.05, 3.63) is 23.3 Å². The number of fused-ring (bicyclic) bond motifs is 1. The zero-order valence-corrected chi connectivity index (χ0v) is 14.7. The molecule has 0 aromatic rings. The molecule has 0 saturated carbocycles. The first-order chi connectivity index (χ1) is 11.5. The Morgan fingerprint density at radius 1 is 1.25 bits per heavy atom. The number of allylic oxidation sites excluding steroid dienone is 2. The minimum absolute atomic E-state index is 0.159. The number of nitrogens with zero attached hydrogens (tertiary/aromatic N) is 1. The Balaban J connectivity index is 1.81. The lowest BCUT2D eigenvalue weighted by Crippen LogP contribution is -2.44. The number of morpholine rings is 1. The molecule has 0 bridgehead atoms. The minimum atomic E-state index is -0.626. The van der Waals surface area contributed by atoms with Crippen molar-refractivity contribution in [1.82, 2.24) is 4.90 Å². The number of carbonyl (C=O) groups is 1. The molecule has 0 radical (unpaired) electrons. The van der Waals surface area contributed by atoms with E-state index in [4.69, 9.17) is 9.47 Å². The maximum Gasteiger partial charge on any atom is 0.311 e. The molecule has 5 heteroatoms. The molecule has 0 aromatic carbocycles. The Morgan fingerprint density at radius 2 is 2.00 bits per heavy atom. The molecule has 4 atom stereocenters. The Labute approximate surface area is 144 Å². The summed E-state index contributed by atoms with van der Waals surface area (Å²) in [6.45, 7) is 7.88. The number of aliphatic hydroxyl groups excluding tert-OH is 1. The van der Waals surface area contributed by atoms with Crippen LogP contribution in [-0.4, -0.2) is 61.0 Å². The van der Waals surface area contributed by atoms with Crippen LogP contribution in [0.25, 0.3) is 0 Å². The van der Waals surface area contributed by atoms with Crippen molar-refractivity contribution in [3.63, 3.8) is 0 Å². The molecule has 0 aromatic heterocycles. The van der Waals surface area contributed by atoms with E-state index < -0.39 is 6.10 Å². The normalized spacial score (nSPS) is 40.0. The Morgan fingerprint density at radius 3 is 2.75 bits per heavy atom. The topological polar surface area (TPSA) is 59.0 Å². The molecule has 2 aliphatic heterocycles. The number of rotatable bonds is 2. The molecule has 3 aliphatic rings. The fraction of sp³-hybridized carbons (Fsp3) is 0.737. The molecule has 2 heterocycles. The van der Waals surface area contributed by atoms with Crippen LogP contribution in [0.3, 0.4) is 0 Å². The van der Waals surface area contributed by atoms with Gasteiger partial charge >= 0.3 is 5.97 Å². The predicted octanol–water partition coefficient (Wildman–Crippen LogP) is 1.91. The van der Waals surface area contributed by atoms with E-state index in [0.29, 0.717) is 19.8 Å². The first-order valence-electron chi connectivity index (χ1n) is 9.06. The van der Waals surface area contributed by atoms with Gasteiger partial charge in [-0.15, -0.1) is 0 Å². The van der Waals surface area contributed by atoms with Crippen LogP contribution in [0, 0.1) is 11.8 Å². The molecule has 134 valence electrons. The molecule has 0 amide bonds. The van der Waals surface area contributed by atoms with Crippen LogP contribution in [0.15, 0.2) is 23.3 Å². The third kappa shape index (κ3) is 4.08. The summed E-state index contributed by atoms with van der Waals surface area (Å²) in [6, 6.07) is 0. The van der Waals surface area contributed by atoms with E-state index in [1.807, 2.05) is 6.08 Å². The van der Waals surface area contributed by atoms with E-state index >= 15 is 0 Å². The van der Waals surface area contributed by atoms with Gasteiger partial charge in [0, 0.05) is 32.0 Å². The highest BCUT2D eigenvalue weighted by Crippen LogP contribution is 2.37. The molecule has 0 spiro atoms. The van der Waals surface area contributed by atoms with Crippen LogP contribution < -0.4 is 0 Å². The lowest BCUT2D eigenvalue weighted by atomic mass is 9.81. The smallest absolute Gasteiger partial charge is 0.311 e. The van der Waals surface area contributed by atoms with Crippen molar-refractivity contribution >= 4 is 5.97 Å². The van der Waals surface area contributed by atoms with Gasteiger partial charge in [0.1, 0.15) is 6.10 Å². The van der Waals surface area contributed by atoms with Crippen LogP contribution in [0.2, 0.25) is 0 Å². The van der Waals surface area contributed by atoms with Crippen molar-refractivity contribution in [3.8, 4) is 0 Å². The minimum Gasteiger partial charge on any atom is -0.461 e. The van der Waals surface area contributed by atoms with Gasteiger partial charge in [0.25, 0.3) is 0 Å². The molecule has 2 saturated heterocycles. The Bertz CT molecular complexity index is 521. The third-order valence-electron chi connectivity index (χ3n) is 5.43. The molecule has 1 aliphatic carbocycles. The summed E-state index contributed by atoms with van der Waals surface area (Å²) < 4.78 is 11.1. The zero-order valence-electron chi connectivity index (χ0n) is 14.7. The molecule has 3 rings (SSSR count).